The van der Waals surface area contributed by atoms with Crippen LogP contribution in [0.25, 0.3) is 11.1 Å². The van der Waals surface area contributed by atoms with E-state index in [0.29, 0.717) is 12.1 Å². The monoisotopic (exact) mass is 720 g/mol. The first-order valence-corrected chi connectivity index (χ1v) is 20.2. The number of rotatable bonds is 7. The summed E-state index contributed by atoms with van der Waals surface area (Å²) in [5, 5.41) is 16.2. The summed E-state index contributed by atoms with van der Waals surface area (Å²) in [5.74, 6) is -0.157. The van der Waals surface area contributed by atoms with Gasteiger partial charge in [0.1, 0.15) is 5.82 Å². The number of benzene rings is 2. The number of aromatic nitrogens is 4. The lowest BCUT2D eigenvalue weighted by atomic mass is 9.93. The molecule has 8 heteroatoms. The minimum atomic E-state index is -0.157. The summed E-state index contributed by atoms with van der Waals surface area (Å²) in [6, 6.07) is 15.7. The Kier molecular flexibility index (Phi) is 16.8. The highest BCUT2D eigenvalue weighted by Crippen LogP contribution is 2.31. The van der Waals surface area contributed by atoms with Crippen LogP contribution in [0.1, 0.15) is 125 Å². The average Bonchev–Trinajstić information content (AvgIpc) is 3.80. The van der Waals surface area contributed by atoms with Gasteiger partial charge in [-0.2, -0.15) is 10.2 Å². The molecule has 4 aromatic rings. The molecule has 4 aliphatic rings. The van der Waals surface area contributed by atoms with Crippen LogP contribution in [0.3, 0.4) is 0 Å². The summed E-state index contributed by atoms with van der Waals surface area (Å²) >= 11 is 0. The Bertz CT molecular complexity index is 1860. The molecular weight excluding hydrogens is 658 g/mol. The number of hydrogen-bond donors (Lipinski definition) is 2. The zero-order valence-corrected chi connectivity index (χ0v) is 33.3. The van der Waals surface area contributed by atoms with Gasteiger partial charge in [-0.25, -0.2) is 4.39 Å². The molecule has 0 bridgehead atoms. The minimum absolute atomic E-state index is 0.157. The Hall–Kier alpha value is -4.72. The van der Waals surface area contributed by atoms with Gasteiger partial charge in [0.25, 0.3) is 0 Å². The van der Waals surface area contributed by atoms with Crippen LogP contribution < -0.4 is 10.6 Å². The quantitative estimate of drug-likeness (QED) is 0.200. The smallest absolute Gasteiger partial charge is 0.128 e. The molecule has 284 valence electrons. The maximum Gasteiger partial charge on any atom is 0.128 e. The van der Waals surface area contributed by atoms with E-state index in [1.54, 1.807) is 12.4 Å². The molecule has 2 aromatic heterocycles. The Morgan fingerprint density at radius 3 is 1.77 bits per heavy atom. The van der Waals surface area contributed by atoms with Crippen molar-refractivity contribution in [2.24, 2.45) is 4.99 Å². The number of halogens is 1. The molecule has 7 nitrogen and oxygen atoms in total. The van der Waals surface area contributed by atoms with Gasteiger partial charge < -0.3 is 10.6 Å². The first kappa shape index (κ1) is 41.0. The zero-order chi connectivity index (χ0) is 38.0. The van der Waals surface area contributed by atoms with E-state index in [-0.39, 0.29) is 5.82 Å². The lowest BCUT2D eigenvalue weighted by molar-refractivity contribution is 0.560. The molecule has 0 fully saturated rings. The van der Waals surface area contributed by atoms with Crippen LogP contribution in [-0.4, -0.2) is 39.0 Å². The topological polar surface area (TPSA) is 72.1 Å². The zero-order valence-electron chi connectivity index (χ0n) is 33.3. The fraction of sp³-hybridized carbons (Fsp3) is 0.444. The maximum absolute atomic E-state index is 14.0. The van der Waals surface area contributed by atoms with E-state index in [1.165, 1.54) is 76.5 Å². The van der Waals surface area contributed by atoms with Crippen LogP contribution in [-0.2, 0) is 45.2 Å². The number of nitrogens with one attached hydrogen (secondary N) is 2. The largest absolute Gasteiger partial charge is 0.387 e. The van der Waals surface area contributed by atoms with Gasteiger partial charge in [-0.15, -0.1) is 0 Å². The fourth-order valence-corrected chi connectivity index (χ4v) is 7.27. The molecule has 2 aliphatic heterocycles. The summed E-state index contributed by atoms with van der Waals surface area (Å²) < 4.78 is 18.3. The summed E-state index contributed by atoms with van der Waals surface area (Å²) in [5.41, 5.74) is 13.7. The molecule has 8 rings (SSSR count). The molecule has 0 saturated carbocycles. The van der Waals surface area contributed by atoms with Crippen molar-refractivity contribution >= 4 is 17.5 Å². The van der Waals surface area contributed by atoms with Crippen molar-refractivity contribution in [3.8, 4) is 0 Å². The number of aliphatic imine (C=N–C) groups is 1. The lowest BCUT2D eigenvalue weighted by Crippen LogP contribution is -2.13. The SMILES string of the molecule is CC.CC.CC.CCc1ccccc1Cn1nc(C2=CNC=NC2)c2c1CCCC2.Fc1ccccc1Cn1nc(C2=CC=CNC2)c2c1CCCC2. The Labute approximate surface area is 318 Å². The van der Waals surface area contributed by atoms with Crippen molar-refractivity contribution in [3.05, 3.63) is 129 Å². The van der Waals surface area contributed by atoms with Crippen molar-refractivity contribution in [1.29, 1.82) is 0 Å². The van der Waals surface area contributed by atoms with Gasteiger partial charge in [0, 0.05) is 46.4 Å². The summed E-state index contributed by atoms with van der Waals surface area (Å²) in [6.07, 6.45) is 20.3. The second-order valence-electron chi connectivity index (χ2n) is 12.7. The van der Waals surface area contributed by atoms with E-state index in [4.69, 9.17) is 10.2 Å². The third-order valence-corrected chi connectivity index (χ3v) is 9.71. The molecule has 0 spiro atoms. The highest BCUT2D eigenvalue weighted by molar-refractivity contribution is 5.74. The lowest BCUT2D eigenvalue weighted by Gasteiger charge is -2.16. The van der Waals surface area contributed by atoms with E-state index in [0.717, 1.165) is 63.1 Å². The summed E-state index contributed by atoms with van der Waals surface area (Å²) in [4.78, 5) is 4.35. The minimum Gasteiger partial charge on any atom is -0.387 e. The molecule has 0 radical (unpaired) electrons. The van der Waals surface area contributed by atoms with Gasteiger partial charge in [0.2, 0.25) is 0 Å². The standard InChI is InChI=1S/C20H24N4.C19H20FN3.3C2H6/c1-2-15-7-3-4-8-16(15)13-24-19-10-6-5-9-18(19)20(23-24)17-11-21-14-22-12-17;20-17-9-3-1-6-15(17)13-23-18-10-4-2-8-16(18)19(22-23)14-7-5-11-21-12-14;3*1-2/h3-4,7-8,11,14H,2,5-6,9-10,12-13H2,1H3,(H,21,22);1,3,5-7,9,11,21H,2,4,8,10,12-13H2;3*1-2H3. The van der Waals surface area contributed by atoms with E-state index in [2.05, 4.69) is 63.8 Å². The van der Waals surface area contributed by atoms with Crippen molar-refractivity contribution in [1.82, 2.24) is 30.2 Å². The van der Waals surface area contributed by atoms with Crippen molar-refractivity contribution in [2.75, 3.05) is 13.1 Å². The van der Waals surface area contributed by atoms with Gasteiger partial charge >= 0.3 is 0 Å². The normalized spacial score (nSPS) is 15.0. The van der Waals surface area contributed by atoms with Gasteiger partial charge in [-0.05, 0) is 92.8 Å². The molecule has 4 heterocycles. The molecule has 2 aromatic carbocycles. The van der Waals surface area contributed by atoms with Crippen LogP contribution >= 0.6 is 0 Å². The first-order chi connectivity index (χ1) is 26.2. The van der Waals surface area contributed by atoms with Gasteiger partial charge in [-0.1, -0.05) is 97.0 Å². The molecule has 0 amide bonds. The molecular formula is C45H62FN7. The van der Waals surface area contributed by atoms with Crippen LogP contribution in [0.15, 0.2) is 78.1 Å². The second kappa shape index (κ2) is 21.7. The average molecular weight is 720 g/mol. The maximum atomic E-state index is 14.0. The number of hydrogen-bond acceptors (Lipinski definition) is 5. The van der Waals surface area contributed by atoms with Crippen LogP contribution in [0, 0.1) is 5.82 Å². The third kappa shape index (κ3) is 10.2. The van der Waals surface area contributed by atoms with Gasteiger partial charge in [0.15, 0.2) is 0 Å². The van der Waals surface area contributed by atoms with Crippen molar-refractivity contribution in [2.45, 2.75) is 119 Å². The van der Waals surface area contributed by atoms with Gasteiger partial charge in [0.05, 0.1) is 37.4 Å². The molecule has 0 unspecified atom stereocenters. The van der Waals surface area contributed by atoms with E-state index < -0.39 is 0 Å². The highest BCUT2D eigenvalue weighted by atomic mass is 19.1. The summed E-state index contributed by atoms with van der Waals surface area (Å²) in [6.45, 7) is 17.1. The van der Waals surface area contributed by atoms with E-state index in [9.17, 15) is 4.39 Å². The Morgan fingerprint density at radius 1 is 0.679 bits per heavy atom. The molecule has 2 aliphatic carbocycles. The predicted molar refractivity (Wildman–Crippen MR) is 222 cm³/mol. The number of aryl methyl sites for hydroxylation is 1. The Balaban J connectivity index is 0.000000208. The Morgan fingerprint density at radius 2 is 1.23 bits per heavy atom. The first-order valence-electron chi connectivity index (χ1n) is 20.2. The third-order valence-electron chi connectivity index (χ3n) is 9.71. The molecule has 0 saturated heterocycles. The van der Waals surface area contributed by atoms with E-state index in [1.807, 2.05) is 70.6 Å². The number of fused-ring (bicyclic) bond motifs is 2. The number of dihydropyridines is 1. The second-order valence-corrected chi connectivity index (χ2v) is 12.7. The van der Waals surface area contributed by atoms with Crippen molar-refractivity contribution in [3.63, 3.8) is 0 Å². The number of allylic oxidation sites excluding steroid dienone is 2. The highest BCUT2D eigenvalue weighted by Gasteiger charge is 2.25. The molecule has 53 heavy (non-hydrogen) atoms. The van der Waals surface area contributed by atoms with Crippen molar-refractivity contribution < 1.29 is 4.39 Å². The molecule has 0 atom stereocenters. The molecule has 2 N–H and O–H groups in total. The fourth-order valence-electron chi connectivity index (χ4n) is 7.27. The summed E-state index contributed by atoms with van der Waals surface area (Å²) in [7, 11) is 0. The number of nitrogens with zero attached hydrogens (tertiary/aromatic N) is 5. The van der Waals surface area contributed by atoms with E-state index >= 15 is 0 Å². The van der Waals surface area contributed by atoms with Crippen LogP contribution in [0.5, 0.6) is 0 Å². The van der Waals surface area contributed by atoms with Gasteiger partial charge in [-0.3, -0.25) is 14.4 Å². The predicted octanol–water partition coefficient (Wildman–Crippen LogP) is 9.87. The van der Waals surface area contributed by atoms with Crippen LogP contribution in [0.4, 0.5) is 4.39 Å². The van der Waals surface area contributed by atoms with Crippen LogP contribution in [0.2, 0.25) is 0 Å².